The SMILES string of the molecule is CN(C(=O)OC(C)(C)C)[C@@H]1CC[C@H](C(O)O)C1. The van der Waals surface area contributed by atoms with E-state index in [4.69, 9.17) is 14.9 Å². The molecule has 0 aliphatic heterocycles. The molecule has 0 radical (unpaired) electrons. The van der Waals surface area contributed by atoms with Gasteiger partial charge in [-0.1, -0.05) is 0 Å². The predicted molar refractivity (Wildman–Crippen MR) is 63.4 cm³/mol. The van der Waals surface area contributed by atoms with E-state index in [1.807, 2.05) is 20.8 Å². The third-order valence-electron chi connectivity index (χ3n) is 3.10. The van der Waals surface area contributed by atoms with Crippen molar-refractivity contribution in [3.05, 3.63) is 0 Å². The van der Waals surface area contributed by atoms with Gasteiger partial charge in [-0.3, -0.25) is 0 Å². The van der Waals surface area contributed by atoms with Crippen LogP contribution < -0.4 is 0 Å². The highest BCUT2D eigenvalue weighted by Crippen LogP contribution is 2.31. The lowest BCUT2D eigenvalue weighted by atomic mass is 10.1. The quantitative estimate of drug-likeness (QED) is 0.720. The Labute approximate surface area is 102 Å². The minimum Gasteiger partial charge on any atom is -0.444 e. The van der Waals surface area contributed by atoms with E-state index < -0.39 is 11.9 Å². The lowest BCUT2D eigenvalue weighted by Crippen LogP contribution is -2.40. The van der Waals surface area contributed by atoms with Crippen LogP contribution in [0.5, 0.6) is 0 Å². The molecule has 2 N–H and O–H groups in total. The van der Waals surface area contributed by atoms with Crippen LogP contribution in [0.4, 0.5) is 4.79 Å². The Balaban J connectivity index is 2.49. The third kappa shape index (κ3) is 4.16. The van der Waals surface area contributed by atoms with Gasteiger partial charge in [0.05, 0.1) is 0 Å². The summed E-state index contributed by atoms with van der Waals surface area (Å²) in [5.41, 5.74) is -0.500. The number of hydrogen-bond acceptors (Lipinski definition) is 4. The molecule has 5 nitrogen and oxygen atoms in total. The number of carbonyl (C=O) groups is 1. The maximum Gasteiger partial charge on any atom is 0.410 e. The van der Waals surface area contributed by atoms with Crippen LogP contribution in [0.3, 0.4) is 0 Å². The molecule has 2 atom stereocenters. The van der Waals surface area contributed by atoms with E-state index in [2.05, 4.69) is 0 Å². The van der Waals surface area contributed by atoms with Crippen molar-refractivity contribution in [1.29, 1.82) is 0 Å². The molecule has 1 rings (SSSR count). The highest BCUT2D eigenvalue weighted by atomic mass is 16.6. The van der Waals surface area contributed by atoms with Gasteiger partial charge in [-0.05, 0) is 40.0 Å². The lowest BCUT2D eigenvalue weighted by Gasteiger charge is -2.28. The van der Waals surface area contributed by atoms with Crippen molar-refractivity contribution in [1.82, 2.24) is 4.90 Å². The average Bonchev–Trinajstić information content (AvgIpc) is 2.62. The van der Waals surface area contributed by atoms with E-state index in [9.17, 15) is 4.79 Å². The Morgan fingerprint density at radius 1 is 1.35 bits per heavy atom. The summed E-state index contributed by atoms with van der Waals surface area (Å²) in [7, 11) is 1.70. The van der Waals surface area contributed by atoms with Gasteiger partial charge >= 0.3 is 6.09 Å². The minimum atomic E-state index is -1.29. The largest absolute Gasteiger partial charge is 0.444 e. The van der Waals surface area contributed by atoms with E-state index in [1.54, 1.807) is 11.9 Å². The van der Waals surface area contributed by atoms with Crippen molar-refractivity contribution in [3.8, 4) is 0 Å². The maximum atomic E-state index is 11.8. The molecule has 1 amide bonds. The van der Waals surface area contributed by atoms with E-state index in [0.29, 0.717) is 6.42 Å². The fourth-order valence-electron chi connectivity index (χ4n) is 2.10. The van der Waals surface area contributed by atoms with Crippen molar-refractivity contribution in [2.75, 3.05) is 7.05 Å². The van der Waals surface area contributed by atoms with Crippen LogP contribution in [0.2, 0.25) is 0 Å². The van der Waals surface area contributed by atoms with Gasteiger partial charge in [-0.25, -0.2) is 4.79 Å². The minimum absolute atomic E-state index is 0.0386. The molecule has 0 aromatic heterocycles. The van der Waals surface area contributed by atoms with Gasteiger partial charge < -0.3 is 19.8 Å². The second kappa shape index (κ2) is 5.23. The summed E-state index contributed by atoms with van der Waals surface area (Å²) in [6.07, 6.45) is 0.503. The summed E-state index contributed by atoms with van der Waals surface area (Å²) in [4.78, 5) is 13.4. The highest BCUT2D eigenvalue weighted by Gasteiger charge is 2.34. The number of aliphatic hydroxyl groups excluding tert-OH is 1. The zero-order chi connectivity index (χ0) is 13.2. The van der Waals surface area contributed by atoms with Crippen molar-refractivity contribution >= 4 is 6.09 Å². The Morgan fingerprint density at radius 3 is 2.35 bits per heavy atom. The van der Waals surface area contributed by atoms with Crippen LogP contribution in [-0.4, -0.2) is 46.2 Å². The molecule has 1 aliphatic rings. The molecule has 1 saturated carbocycles. The molecule has 0 bridgehead atoms. The third-order valence-corrected chi connectivity index (χ3v) is 3.10. The normalized spacial score (nSPS) is 25.1. The monoisotopic (exact) mass is 245 g/mol. The smallest absolute Gasteiger partial charge is 0.410 e. The average molecular weight is 245 g/mol. The molecule has 0 saturated heterocycles. The highest BCUT2D eigenvalue weighted by molar-refractivity contribution is 5.68. The van der Waals surface area contributed by atoms with Crippen molar-refractivity contribution in [3.63, 3.8) is 0 Å². The van der Waals surface area contributed by atoms with E-state index >= 15 is 0 Å². The van der Waals surface area contributed by atoms with Crippen molar-refractivity contribution < 1.29 is 19.7 Å². The van der Waals surface area contributed by atoms with Crippen molar-refractivity contribution in [2.45, 2.75) is 58.0 Å². The zero-order valence-electron chi connectivity index (χ0n) is 11.0. The molecule has 5 heteroatoms. The van der Waals surface area contributed by atoms with Gasteiger partial charge in [0, 0.05) is 19.0 Å². The van der Waals surface area contributed by atoms with Crippen LogP contribution >= 0.6 is 0 Å². The summed E-state index contributed by atoms with van der Waals surface area (Å²) in [6.45, 7) is 5.48. The first-order valence-electron chi connectivity index (χ1n) is 6.02. The summed E-state index contributed by atoms with van der Waals surface area (Å²) < 4.78 is 5.27. The first kappa shape index (κ1) is 14.3. The van der Waals surface area contributed by atoms with Crippen LogP contribution in [0.15, 0.2) is 0 Å². The molecular weight excluding hydrogens is 222 g/mol. The maximum absolute atomic E-state index is 11.8. The first-order chi connectivity index (χ1) is 7.70. The number of ether oxygens (including phenoxy) is 1. The van der Waals surface area contributed by atoms with Gasteiger partial charge in [-0.2, -0.15) is 0 Å². The molecule has 1 fully saturated rings. The van der Waals surface area contributed by atoms with Gasteiger partial charge in [0.15, 0.2) is 6.29 Å². The molecule has 0 spiro atoms. The van der Waals surface area contributed by atoms with E-state index in [0.717, 1.165) is 12.8 Å². The van der Waals surface area contributed by atoms with Crippen LogP contribution in [0, 0.1) is 5.92 Å². The molecule has 0 aromatic rings. The Morgan fingerprint density at radius 2 is 1.94 bits per heavy atom. The fourth-order valence-corrected chi connectivity index (χ4v) is 2.10. The first-order valence-corrected chi connectivity index (χ1v) is 6.02. The van der Waals surface area contributed by atoms with E-state index in [-0.39, 0.29) is 18.1 Å². The fraction of sp³-hybridized carbons (Fsp3) is 0.917. The van der Waals surface area contributed by atoms with Gasteiger partial charge in [0.2, 0.25) is 0 Å². The van der Waals surface area contributed by atoms with Crippen LogP contribution in [0.1, 0.15) is 40.0 Å². The number of rotatable bonds is 2. The molecule has 17 heavy (non-hydrogen) atoms. The number of nitrogens with zero attached hydrogens (tertiary/aromatic N) is 1. The van der Waals surface area contributed by atoms with Crippen molar-refractivity contribution in [2.24, 2.45) is 5.92 Å². The Bertz CT molecular complexity index is 272. The van der Waals surface area contributed by atoms with Gasteiger partial charge in [-0.15, -0.1) is 0 Å². The summed E-state index contributed by atoms with van der Waals surface area (Å²) >= 11 is 0. The number of aliphatic hydroxyl groups is 2. The second-order valence-electron chi connectivity index (χ2n) is 5.73. The van der Waals surface area contributed by atoms with Crippen LogP contribution in [0.25, 0.3) is 0 Å². The Kier molecular flexibility index (Phi) is 4.38. The predicted octanol–water partition coefficient (Wildman–Crippen LogP) is 1.33. The molecular formula is C12H23NO4. The summed E-state index contributed by atoms with van der Waals surface area (Å²) in [5, 5.41) is 18.2. The Hall–Kier alpha value is -0.810. The standard InChI is InChI=1S/C12H23NO4/c1-12(2,3)17-11(16)13(4)9-6-5-8(7-9)10(14)15/h8-10,14-15H,5-7H2,1-4H3/t8-,9+/m0/s1. The van der Waals surface area contributed by atoms with E-state index in [1.165, 1.54) is 0 Å². The zero-order valence-corrected chi connectivity index (χ0v) is 11.0. The van der Waals surface area contributed by atoms with Crippen LogP contribution in [-0.2, 0) is 4.74 Å². The summed E-state index contributed by atoms with van der Waals surface area (Å²) in [6, 6.07) is 0.0386. The molecule has 0 heterocycles. The lowest BCUT2D eigenvalue weighted by molar-refractivity contribution is -0.0829. The molecule has 0 unspecified atom stereocenters. The van der Waals surface area contributed by atoms with Gasteiger partial charge in [0.25, 0.3) is 0 Å². The topological polar surface area (TPSA) is 70.0 Å². The molecule has 0 aromatic carbocycles. The summed E-state index contributed by atoms with van der Waals surface area (Å²) in [5.74, 6) is -0.134. The number of amides is 1. The number of carbonyl (C=O) groups excluding carboxylic acids is 1. The molecule has 1 aliphatic carbocycles. The molecule has 100 valence electrons. The number of hydrogen-bond donors (Lipinski definition) is 2. The van der Waals surface area contributed by atoms with Gasteiger partial charge in [0.1, 0.15) is 5.60 Å². The second-order valence-corrected chi connectivity index (χ2v) is 5.73.